The largest absolute Gasteiger partial charge is 0.390 e. The maximum absolute atomic E-state index is 10.4. The van der Waals surface area contributed by atoms with E-state index in [-0.39, 0.29) is 0 Å². The quantitative estimate of drug-likeness (QED) is 0.726. The predicted molar refractivity (Wildman–Crippen MR) is 75.4 cm³/mol. The van der Waals surface area contributed by atoms with Crippen molar-refractivity contribution in [3.05, 3.63) is 35.9 Å². The van der Waals surface area contributed by atoms with Crippen LogP contribution in [0.15, 0.2) is 30.3 Å². The van der Waals surface area contributed by atoms with Crippen LogP contribution in [0.3, 0.4) is 0 Å². The molecule has 0 aliphatic carbocycles. The van der Waals surface area contributed by atoms with Crippen molar-refractivity contribution in [1.82, 2.24) is 0 Å². The van der Waals surface area contributed by atoms with Crippen LogP contribution in [0.25, 0.3) is 0 Å². The van der Waals surface area contributed by atoms with E-state index in [1.807, 2.05) is 51.1 Å². The van der Waals surface area contributed by atoms with Crippen LogP contribution in [0.4, 0.5) is 0 Å². The van der Waals surface area contributed by atoms with E-state index in [9.17, 15) is 10.2 Å². The molecule has 0 unspecified atom stereocenters. The molecule has 1 rings (SSSR count). The zero-order valence-corrected chi connectivity index (χ0v) is 11.8. The maximum Gasteiger partial charge on any atom is 0.0868 e. The third kappa shape index (κ3) is 5.65. The van der Waals surface area contributed by atoms with E-state index < -0.39 is 11.2 Å². The summed E-state index contributed by atoms with van der Waals surface area (Å²) in [4.78, 5) is 0. The van der Waals surface area contributed by atoms with Crippen molar-refractivity contribution in [3.8, 4) is 0 Å². The van der Waals surface area contributed by atoms with E-state index in [1.54, 1.807) is 0 Å². The molecule has 1 aromatic carbocycles. The molecule has 2 N–H and O–H groups in total. The number of unbranched alkanes of at least 4 members (excludes halogenated alkanes) is 2. The molecule has 0 spiro atoms. The number of benzene rings is 1. The van der Waals surface area contributed by atoms with Crippen LogP contribution in [0.5, 0.6) is 0 Å². The molecule has 102 valence electrons. The van der Waals surface area contributed by atoms with Gasteiger partial charge < -0.3 is 10.2 Å². The number of rotatable bonds is 7. The van der Waals surface area contributed by atoms with E-state index in [1.165, 1.54) is 0 Å². The smallest absolute Gasteiger partial charge is 0.0868 e. The Labute approximate surface area is 111 Å². The van der Waals surface area contributed by atoms with Crippen molar-refractivity contribution in [2.45, 2.75) is 64.1 Å². The lowest BCUT2D eigenvalue weighted by molar-refractivity contribution is 0.0428. The fourth-order valence-corrected chi connectivity index (χ4v) is 2.15. The van der Waals surface area contributed by atoms with Crippen molar-refractivity contribution >= 4 is 0 Å². The van der Waals surface area contributed by atoms with Crippen LogP contribution in [-0.2, 0) is 5.60 Å². The van der Waals surface area contributed by atoms with Crippen molar-refractivity contribution in [2.24, 2.45) is 0 Å². The molecule has 18 heavy (non-hydrogen) atoms. The number of aliphatic hydroxyl groups is 2. The molecular formula is C16H26O2. The minimum atomic E-state index is -0.740. The maximum atomic E-state index is 10.4. The Morgan fingerprint density at radius 3 is 1.94 bits per heavy atom. The average molecular weight is 250 g/mol. The predicted octanol–water partition coefficient (Wildman–Crippen LogP) is 3.62. The molecule has 2 heteroatoms. The fourth-order valence-electron chi connectivity index (χ4n) is 2.15. The third-order valence-corrected chi connectivity index (χ3v) is 3.35. The monoisotopic (exact) mass is 250 g/mol. The summed E-state index contributed by atoms with van der Waals surface area (Å²) in [6, 6.07) is 9.81. The Morgan fingerprint density at radius 2 is 1.39 bits per heavy atom. The average Bonchev–Trinajstić information content (AvgIpc) is 2.28. The highest BCUT2D eigenvalue weighted by atomic mass is 16.3. The molecule has 0 saturated carbocycles. The van der Waals surface area contributed by atoms with Crippen LogP contribution in [0.2, 0.25) is 0 Å². The number of hydrogen-bond donors (Lipinski definition) is 2. The van der Waals surface area contributed by atoms with Crippen LogP contribution in [-0.4, -0.2) is 15.8 Å². The van der Waals surface area contributed by atoms with Gasteiger partial charge in [0, 0.05) is 0 Å². The lowest BCUT2D eigenvalue weighted by Gasteiger charge is -2.24. The van der Waals surface area contributed by atoms with Crippen molar-refractivity contribution in [2.75, 3.05) is 0 Å². The summed E-state index contributed by atoms with van der Waals surface area (Å²) in [5.74, 6) is 0. The van der Waals surface area contributed by atoms with E-state index in [4.69, 9.17) is 0 Å². The van der Waals surface area contributed by atoms with Gasteiger partial charge >= 0.3 is 0 Å². The SMILES string of the molecule is CC(C)(O)CCCCC[C@@](C)(O)c1ccccc1. The van der Waals surface area contributed by atoms with Crippen LogP contribution in [0, 0.1) is 0 Å². The van der Waals surface area contributed by atoms with Gasteiger partial charge in [0.1, 0.15) is 0 Å². The normalized spacial score (nSPS) is 15.4. The number of hydrogen-bond acceptors (Lipinski definition) is 2. The van der Waals surface area contributed by atoms with Gasteiger partial charge in [-0.15, -0.1) is 0 Å². The Hall–Kier alpha value is -0.860. The second-order valence-electron chi connectivity index (χ2n) is 6.01. The van der Waals surface area contributed by atoms with E-state index in [0.717, 1.165) is 37.7 Å². The third-order valence-electron chi connectivity index (χ3n) is 3.35. The Kier molecular flexibility index (Phi) is 5.36. The van der Waals surface area contributed by atoms with Gasteiger partial charge in [0.15, 0.2) is 0 Å². The minimum Gasteiger partial charge on any atom is -0.390 e. The van der Waals surface area contributed by atoms with Crippen molar-refractivity contribution in [3.63, 3.8) is 0 Å². The molecule has 0 fully saturated rings. The van der Waals surface area contributed by atoms with Crippen molar-refractivity contribution in [1.29, 1.82) is 0 Å². The zero-order valence-electron chi connectivity index (χ0n) is 11.8. The van der Waals surface area contributed by atoms with Crippen LogP contribution < -0.4 is 0 Å². The summed E-state index contributed by atoms with van der Waals surface area (Å²) >= 11 is 0. The highest BCUT2D eigenvalue weighted by Gasteiger charge is 2.22. The molecule has 0 aliphatic rings. The molecule has 0 aromatic heterocycles. The van der Waals surface area contributed by atoms with E-state index in [2.05, 4.69) is 0 Å². The van der Waals surface area contributed by atoms with E-state index >= 15 is 0 Å². The first-order chi connectivity index (χ1) is 8.31. The summed E-state index contributed by atoms with van der Waals surface area (Å²) in [7, 11) is 0. The van der Waals surface area contributed by atoms with Crippen LogP contribution >= 0.6 is 0 Å². The first kappa shape index (κ1) is 15.2. The molecule has 0 aliphatic heterocycles. The van der Waals surface area contributed by atoms with Gasteiger partial charge in [0.05, 0.1) is 11.2 Å². The summed E-state index contributed by atoms with van der Waals surface area (Å²) in [5, 5.41) is 20.0. The van der Waals surface area contributed by atoms with Crippen LogP contribution in [0.1, 0.15) is 58.4 Å². The second-order valence-corrected chi connectivity index (χ2v) is 6.01. The van der Waals surface area contributed by atoms with Gasteiger partial charge in [0.2, 0.25) is 0 Å². The fraction of sp³-hybridized carbons (Fsp3) is 0.625. The molecule has 0 heterocycles. The highest BCUT2D eigenvalue weighted by molar-refractivity contribution is 5.21. The molecule has 2 nitrogen and oxygen atoms in total. The first-order valence-electron chi connectivity index (χ1n) is 6.82. The standard InChI is InChI=1S/C16H26O2/c1-15(2,17)12-8-5-9-13-16(3,18)14-10-6-4-7-11-14/h4,6-7,10-11,17-18H,5,8-9,12-13H2,1-3H3/t16-/m1/s1. The zero-order chi connectivity index (χ0) is 13.6. The molecule has 0 radical (unpaired) electrons. The van der Waals surface area contributed by atoms with Gasteiger partial charge in [0.25, 0.3) is 0 Å². The topological polar surface area (TPSA) is 40.5 Å². The van der Waals surface area contributed by atoms with Gasteiger partial charge in [-0.3, -0.25) is 0 Å². The first-order valence-corrected chi connectivity index (χ1v) is 6.82. The molecular weight excluding hydrogens is 224 g/mol. The van der Waals surface area contributed by atoms with E-state index in [0.29, 0.717) is 0 Å². The Balaban J connectivity index is 2.30. The second kappa shape index (κ2) is 6.35. The van der Waals surface area contributed by atoms with Gasteiger partial charge in [-0.05, 0) is 39.2 Å². The molecule has 0 amide bonds. The van der Waals surface area contributed by atoms with Gasteiger partial charge in [-0.25, -0.2) is 0 Å². The van der Waals surface area contributed by atoms with Gasteiger partial charge in [-0.2, -0.15) is 0 Å². The van der Waals surface area contributed by atoms with Gasteiger partial charge in [-0.1, -0.05) is 49.6 Å². The molecule has 1 atom stereocenters. The lowest BCUT2D eigenvalue weighted by atomic mass is 9.89. The summed E-state index contributed by atoms with van der Waals surface area (Å²) in [6.45, 7) is 5.55. The summed E-state index contributed by atoms with van der Waals surface area (Å²) in [6.07, 6.45) is 4.63. The Bertz CT molecular complexity index is 336. The Morgan fingerprint density at radius 1 is 0.833 bits per heavy atom. The summed E-state index contributed by atoms with van der Waals surface area (Å²) in [5.41, 5.74) is -0.328. The summed E-state index contributed by atoms with van der Waals surface area (Å²) < 4.78 is 0. The minimum absolute atomic E-state index is 0.568. The highest BCUT2D eigenvalue weighted by Crippen LogP contribution is 2.27. The molecule has 0 saturated heterocycles. The lowest BCUT2D eigenvalue weighted by Crippen LogP contribution is -2.21. The van der Waals surface area contributed by atoms with Crippen molar-refractivity contribution < 1.29 is 10.2 Å². The molecule has 0 bridgehead atoms. The molecule has 1 aromatic rings.